The van der Waals surface area contributed by atoms with E-state index in [-0.39, 0.29) is 11.3 Å². The van der Waals surface area contributed by atoms with Crippen LogP contribution >= 0.6 is 0 Å². The highest BCUT2D eigenvalue weighted by atomic mass is 16.5. The summed E-state index contributed by atoms with van der Waals surface area (Å²) >= 11 is 0. The van der Waals surface area contributed by atoms with Crippen LogP contribution in [0.5, 0.6) is 5.75 Å². The number of ketones is 1. The van der Waals surface area contributed by atoms with Crippen LogP contribution < -0.4 is 4.74 Å². The lowest BCUT2D eigenvalue weighted by Gasteiger charge is -2.31. The molecule has 0 saturated carbocycles. The molecule has 1 N–H and O–H groups in total. The van der Waals surface area contributed by atoms with Gasteiger partial charge >= 0.3 is 0 Å². The highest BCUT2D eigenvalue weighted by Crippen LogP contribution is 2.39. The van der Waals surface area contributed by atoms with E-state index in [9.17, 15) is 14.7 Å². The monoisotopic (exact) mass is 436 g/mol. The van der Waals surface area contributed by atoms with E-state index in [0.717, 1.165) is 24.2 Å². The first-order valence-corrected chi connectivity index (χ1v) is 10.8. The van der Waals surface area contributed by atoms with Crippen LogP contribution in [0.4, 0.5) is 0 Å². The van der Waals surface area contributed by atoms with Crippen molar-refractivity contribution >= 4 is 17.4 Å². The molecule has 2 aromatic rings. The molecule has 1 atom stereocenters. The van der Waals surface area contributed by atoms with E-state index >= 15 is 0 Å². The fourth-order valence-corrected chi connectivity index (χ4v) is 4.18. The molecule has 2 aliphatic rings. The highest BCUT2D eigenvalue weighted by Gasteiger charge is 2.46. The Balaban J connectivity index is 1.71. The molecule has 0 spiro atoms. The molecule has 0 unspecified atom stereocenters. The Morgan fingerprint density at radius 1 is 1.03 bits per heavy atom. The molecule has 2 heterocycles. The number of hydrogen-bond donors (Lipinski definition) is 1. The fraction of sp³-hybridized carbons (Fsp3) is 0.360. The number of nitrogens with zero attached hydrogens (tertiary/aromatic N) is 2. The number of methoxy groups -OCH3 is 1. The van der Waals surface area contributed by atoms with E-state index in [2.05, 4.69) is 4.90 Å². The predicted molar refractivity (Wildman–Crippen MR) is 120 cm³/mol. The molecule has 168 valence electrons. The average molecular weight is 437 g/mol. The zero-order valence-electron chi connectivity index (χ0n) is 18.4. The van der Waals surface area contributed by atoms with E-state index in [1.807, 2.05) is 31.2 Å². The van der Waals surface area contributed by atoms with Gasteiger partial charge in [0.15, 0.2) is 0 Å². The molecule has 2 aliphatic heterocycles. The van der Waals surface area contributed by atoms with Crippen LogP contribution in [0.3, 0.4) is 0 Å². The minimum atomic E-state index is -0.661. The SMILES string of the molecule is COc1ccc(C(O)=C2C(=O)C(=O)N(CCN3CCOCC3)[C@H]2c2ccc(C)cc2)cc1. The third-order valence-corrected chi connectivity index (χ3v) is 6.06. The standard InChI is InChI=1S/C25H28N2O5/c1-17-3-5-18(6-4-17)22-21(23(28)19-7-9-20(31-2)10-8-19)24(29)25(30)27(22)12-11-26-13-15-32-16-14-26/h3-10,22,28H,11-16H2,1-2H3/t22-/m0/s1. The minimum Gasteiger partial charge on any atom is -0.507 e. The maximum atomic E-state index is 13.1. The Hall–Kier alpha value is -3.16. The zero-order valence-corrected chi connectivity index (χ0v) is 18.4. The molecular weight excluding hydrogens is 408 g/mol. The molecule has 2 fully saturated rings. The molecule has 7 heteroatoms. The van der Waals surface area contributed by atoms with Crippen molar-refractivity contribution in [2.75, 3.05) is 46.5 Å². The molecule has 0 aliphatic carbocycles. The molecule has 0 bridgehead atoms. The number of aliphatic hydroxyl groups excluding tert-OH is 1. The summed E-state index contributed by atoms with van der Waals surface area (Å²) in [6, 6.07) is 13.9. The molecule has 7 nitrogen and oxygen atoms in total. The second-order valence-corrected chi connectivity index (χ2v) is 8.09. The predicted octanol–water partition coefficient (Wildman–Crippen LogP) is 2.76. The van der Waals surface area contributed by atoms with Crippen molar-refractivity contribution in [3.8, 4) is 5.75 Å². The van der Waals surface area contributed by atoms with Gasteiger partial charge in [-0.05, 0) is 36.8 Å². The Morgan fingerprint density at radius 3 is 2.31 bits per heavy atom. The summed E-state index contributed by atoms with van der Waals surface area (Å²) in [5, 5.41) is 11.1. The number of morpholine rings is 1. The van der Waals surface area contributed by atoms with Gasteiger partial charge in [-0.1, -0.05) is 29.8 Å². The largest absolute Gasteiger partial charge is 0.507 e. The summed E-state index contributed by atoms with van der Waals surface area (Å²) in [6.45, 7) is 5.94. The molecular formula is C25H28N2O5. The molecule has 4 rings (SSSR count). The van der Waals surface area contributed by atoms with Crippen LogP contribution in [-0.2, 0) is 14.3 Å². The smallest absolute Gasteiger partial charge is 0.295 e. The zero-order chi connectivity index (χ0) is 22.7. The molecule has 1 amide bonds. The Kier molecular flexibility index (Phi) is 6.58. The number of hydrogen-bond acceptors (Lipinski definition) is 6. The van der Waals surface area contributed by atoms with Crippen molar-refractivity contribution in [1.29, 1.82) is 0 Å². The molecule has 0 radical (unpaired) electrons. The number of amides is 1. The number of ether oxygens (including phenoxy) is 2. The van der Waals surface area contributed by atoms with Crippen molar-refractivity contribution < 1.29 is 24.2 Å². The van der Waals surface area contributed by atoms with Gasteiger partial charge in [0, 0.05) is 31.7 Å². The summed E-state index contributed by atoms with van der Waals surface area (Å²) < 4.78 is 10.6. The van der Waals surface area contributed by atoms with Gasteiger partial charge in [-0.3, -0.25) is 14.5 Å². The Bertz CT molecular complexity index is 1010. The van der Waals surface area contributed by atoms with E-state index in [4.69, 9.17) is 9.47 Å². The van der Waals surface area contributed by atoms with Gasteiger partial charge in [0.2, 0.25) is 0 Å². The van der Waals surface area contributed by atoms with Crippen LogP contribution in [-0.4, -0.2) is 73.1 Å². The second-order valence-electron chi connectivity index (χ2n) is 8.09. The van der Waals surface area contributed by atoms with Crippen molar-refractivity contribution in [2.45, 2.75) is 13.0 Å². The van der Waals surface area contributed by atoms with Gasteiger partial charge in [0.05, 0.1) is 31.9 Å². The maximum Gasteiger partial charge on any atom is 0.295 e. The van der Waals surface area contributed by atoms with Crippen LogP contribution in [0.1, 0.15) is 22.7 Å². The lowest BCUT2D eigenvalue weighted by molar-refractivity contribution is -0.140. The fourth-order valence-electron chi connectivity index (χ4n) is 4.18. The van der Waals surface area contributed by atoms with Crippen LogP contribution in [0.25, 0.3) is 5.76 Å². The van der Waals surface area contributed by atoms with Crippen molar-refractivity contribution in [3.63, 3.8) is 0 Å². The second kappa shape index (κ2) is 9.54. The van der Waals surface area contributed by atoms with Crippen molar-refractivity contribution in [2.24, 2.45) is 0 Å². The van der Waals surface area contributed by atoms with Gasteiger partial charge in [0.25, 0.3) is 11.7 Å². The average Bonchev–Trinajstić information content (AvgIpc) is 3.08. The first-order chi connectivity index (χ1) is 15.5. The first-order valence-electron chi connectivity index (χ1n) is 10.8. The number of carbonyl (C=O) groups is 2. The lowest BCUT2D eigenvalue weighted by Crippen LogP contribution is -2.42. The lowest BCUT2D eigenvalue weighted by atomic mass is 9.94. The summed E-state index contributed by atoms with van der Waals surface area (Å²) in [6.07, 6.45) is 0. The number of aryl methyl sites for hydroxylation is 1. The van der Waals surface area contributed by atoms with Crippen molar-refractivity contribution in [1.82, 2.24) is 9.80 Å². The Labute approximate surface area is 187 Å². The van der Waals surface area contributed by atoms with Gasteiger partial charge in [0.1, 0.15) is 11.5 Å². The first kappa shape index (κ1) is 22.0. The topological polar surface area (TPSA) is 79.3 Å². The normalized spacial score (nSPS) is 21.2. The van der Waals surface area contributed by atoms with Crippen LogP contribution in [0, 0.1) is 6.92 Å². The van der Waals surface area contributed by atoms with Gasteiger partial charge in [-0.15, -0.1) is 0 Å². The molecule has 0 aromatic heterocycles. The minimum absolute atomic E-state index is 0.117. The van der Waals surface area contributed by atoms with E-state index in [1.165, 1.54) is 0 Å². The van der Waals surface area contributed by atoms with Crippen LogP contribution in [0.2, 0.25) is 0 Å². The quantitative estimate of drug-likeness (QED) is 0.426. The number of carbonyl (C=O) groups excluding carboxylic acids is 2. The summed E-state index contributed by atoms with van der Waals surface area (Å²) in [5.74, 6) is -0.780. The number of rotatable bonds is 6. The Morgan fingerprint density at radius 2 is 1.69 bits per heavy atom. The molecule has 32 heavy (non-hydrogen) atoms. The van der Waals surface area contributed by atoms with Gasteiger partial charge < -0.3 is 19.5 Å². The van der Waals surface area contributed by atoms with E-state index < -0.39 is 17.7 Å². The highest BCUT2D eigenvalue weighted by molar-refractivity contribution is 6.46. The number of likely N-dealkylation sites (tertiary alicyclic amines) is 1. The number of Topliss-reactive ketones (excluding diaryl/α,β-unsaturated/α-hetero) is 1. The van der Waals surface area contributed by atoms with E-state index in [0.29, 0.717) is 37.6 Å². The third-order valence-electron chi connectivity index (χ3n) is 6.06. The van der Waals surface area contributed by atoms with E-state index in [1.54, 1.807) is 36.3 Å². The maximum absolute atomic E-state index is 13.1. The van der Waals surface area contributed by atoms with Gasteiger partial charge in [-0.2, -0.15) is 0 Å². The van der Waals surface area contributed by atoms with Crippen LogP contribution in [0.15, 0.2) is 54.1 Å². The van der Waals surface area contributed by atoms with Crippen molar-refractivity contribution in [3.05, 3.63) is 70.8 Å². The summed E-state index contributed by atoms with van der Waals surface area (Å²) in [4.78, 5) is 29.9. The number of aliphatic hydroxyl groups is 1. The van der Waals surface area contributed by atoms with Gasteiger partial charge in [-0.25, -0.2) is 0 Å². The molecule has 2 saturated heterocycles. The number of benzene rings is 2. The summed E-state index contributed by atoms with van der Waals surface area (Å²) in [5.41, 5.74) is 2.46. The summed E-state index contributed by atoms with van der Waals surface area (Å²) in [7, 11) is 1.56. The molecule has 2 aromatic carbocycles. The third kappa shape index (κ3) is 4.40.